The molecule has 0 aliphatic heterocycles. The first-order chi connectivity index (χ1) is 11.6. The fourth-order valence-electron chi connectivity index (χ4n) is 6.10. The van der Waals surface area contributed by atoms with E-state index in [-0.39, 0.29) is 0 Å². The van der Waals surface area contributed by atoms with Crippen molar-refractivity contribution in [1.82, 2.24) is 0 Å². The molecule has 2 fully saturated rings. The summed E-state index contributed by atoms with van der Waals surface area (Å²) < 4.78 is 6.27. The molecule has 3 heteroatoms. The Morgan fingerprint density at radius 1 is 1.25 bits per heavy atom. The molecule has 0 spiro atoms. The summed E-state index contributed by atoms with van der Waals surface area (Å²) in [5, 5.41) is 9.79. The molecule has 3 N–H and O–H groups in total. The van der Waals surface area contributed by atoms with Gasteiger partial charge in [0.15, 0.2) is 0 Å². The van der Waals surface area contributed by atoms with Crippen molar-refractivity contribution < 1.29 is 9.84 Å². The Hall–Kier alpha value is -1.06. The van der Waals surface area contributed by atoms with E-state index in [1.54, 1.807) is 0 Å². The number of nitrogens with two attached hydrogens (primary N) is 1. The van der Waals surface area contributed by atoms with E-state index in [2.05, 4.69) is 13.0 Å². The number of aryl methyl sites for hydroxylation is 1. The van der Waals surface area contributed by atoms with Gasteiger partial charge >= 0.3 is 0 Å². The van der Waals surface area contributed by atoms with Crippen molar-refractivity contribution in [2.75, 3.05) is 13.2 Å². The number of rotatable bonds is 4. The second-order valence-electron chi connectivity index (χ2n) is 8.42. The predicted octanol–water partition coefficient (Wildman–Crippen LogP) is 3.98. The minimum absolute atomic E-state index is 0.351. The van der Waals surface area contributed by atoms with Gasteiger partial charge in [0.2, 0.25) is 0 Å². The third kappa shape index (κ3) is 2.57. The summed E-state index contributed by atoms with van der Waals surface area (Å²) in [5.41, 5.74) is 8.87. The molecule has 1 aromatic rings. The number of hydrogen-bond acceptors (Lipinski definition) is 3. The highest BCUT2D eigenvalue weighted by molar-refractivity contribution is 5.40. The van der Waals surface area contributed by atoms with Crippen molar-refractivity contribution in [3.63, 3.8) is 0 Å². The van der Waals surface area contributed by atoms with E-state index in [4.69, 9.17) is 10.5 Å². The second-order valence-corrected chi connectivity index (χ2v) is 8.42. The van der Waals surface area contributed by atoms with E-state index < -0.39 is 0 Å². The van der Waals surface area contributed by atoms with Crippen LogP contribution in [0.25, 0.3) is 0 Å². The Kier molecular flexibility index (Phi) is 4.34. The lowest BCUT2D eigenvalue weighted by Crippen LogP contribution is -2.44. The van der Waals surface area contributed by atoms with Gasteiger partial charge in [-0.1, -0.05) is 13.0 Å². The Morgan fingerprint density at radius 2 is 2.12 bits per heavy atom. The molecule has 0 saturated heterocycles. The van der Waals surface area contributed by atoms with Crippen LogP contribution in [0.5, 0.6) is 5.75 Å². The van der Waals surface area contributed by atoms with Crippen molar-refractivity contribution in [2.45, 2.75) is 63.9 Å². The van der Waals surface area contributed by atoms with Crippen molar-refractivity contribution in [3.05, 3.63) is 29.3 Å². The molecule has 0 amide bonds. The van der Waals surface area contributed by atoms with Crippen LogP contribution in [-0.4, -0.2) is 24.4 Å². The monoisotopic (exact) mass is 329 g/mol. The fraction of sp³-hybridized carbons (Fsp3) is 0.714. The summed E-state index contributed by atoms with van der Waals surface area (Å²) in [4.78, 5) is 0. The molecule has 1 aromatic carbocycles. The number of phenols is 1. The van der Waals surface area contributed by atoms with Crippen molar-refractivity contribution in [2.24, 2.45) is 23.0 Å². The van der Waals surface area contributed by atoms with Gasteiger partial charge < -0.3 is 15.6 Å². The van der Waals surface area contributed by atoms with Gasteiger partial charge in [0.25, 0.3) is 0 Å². The maximum atomic E-state index is 9.79. The van der Waals surface area contributed by atoms with E-state index in [0.29, 0.717) is 23.2 Å². The van der Waals surface area contributed by atoms with Gasteiger partial charge in [-0.15, -0.1) is 0 Å². The Balaban J connectivity index is 1.54. The van der Waals surface area contributed by atoms with Crippen molar-refractivity contribution in [3.8, 4) is 5.75 Å². The van der Waals surface area contributed by atoms with Crippen LogP contribution in [0.3, 0.4) is 0 Å². The quantitative estimate of drug-likeness (QED) is 0.822. The molecule has 5 atom stereocenters. The number of aromatic hydroxyl groups is 1. The summed E-state index contributed by atoms with van der Waals surface area (Å²) in [6, 6.07) is 6.06. The highest BCUT2D eigenvalue weighted by Crippen LogP contribution is 2.61. The number of phenolic OH excluding ortho intramolecular Hbond substituents is 1. The zero-order valence-electron chi connectivity index (χ0n) is 14.8. The molecule has 0 bridgehead atoms. The molecule has 0 heterocycles. The van der Waals surface area contributed by atoms with Crippen LogP contribution in [0.4, 0.5) is 0 Å². The van der Waals surface area contributed by atoms with Gasteiger partial charge in [-0.05, 0) is 97.9 Å². The number of fused-ring (bicyclic) bond motifs is 5. The Labute approximate surface area is 145 Å². The van der Waals surface area contributed by atoms with Gasteiger partial charge in [0.1, 0.15) is 5.75 Å². The molecule has 2 saturated carbocycles. The molecular formula is C21H31NO2. The molecule has 4 rings (SSSR count). The predicted molar refractivity (Wildman–Crippen MR) is 96.1 cm³/mol. The summed E-state index contributed by atoms with van der Waals surface area (Å²) >= 11 is 0. The smallest absolute Gasteiger partial charge is 0.115 e. The molecule has 5 unspecified atom stereocenters. The van der Waals surface area contributed by atoms with Gasteiger partial charge in [-0.25, -0.2) is 0 Å². The summed E-state index contributed by atoms with van der Waals surface area (Å²) in [7, 11) is 0. The van der Waals surface area contributed by atoms with Crippen LogP contribution in [-0.2, 0) is 11.2 Å². The first-order valence-corrected chi connectivity index (χ1v) is 9.77. The molecular weight excluding hydrogens is 298 g/mol. The van der Waals surface area contributed by atoms with E-state index in [9.17, 15) is 5.11 Å². The van der Waals surface area contributed by atoms with E-state index in [0.717, 1.165) is 37.8 Å². The van der Waals surface area contributed by atoms with Crippen molar-refractivity contribution >= 4 is 0 Å². The molecule has 3 aliphatic carbocycles. The molecule has 132 valence electrons. The zero-order valence-corrected chi connectivity index (χ0v) is 14.8. The summed E-state index contributed by atoms with van der Waals surface area (Å²) in [5.74, 6) is 2.70. The average molecular weight is 329 g/mol. The lowest BCUT2D eigenvalue weighted by Gasteiger charge is -2.50. The summed E-state index contributed by atoms with van der Waals surface area (Å²) in [6.07, 6.45) is 8.87. The topological polar surface area (TPSA) is 55.5 Å². The van der Waals surface area contributed by atoms with Gasteiger partial charge in [0.05, 0.1) is 6.10 Å². The summed E-state index contributed by atoms with van der Waals surface area (Å²) in [6.45, 7) is 4.03. The minimum atomic E-state index is 0.351. The third-order valence-electron chi connectivity index (χ3n) is 7.29. The number of ether oxygens (including phenoxy) is 1. The molecule has 0 aromatic heterocycles. The van der Waals surface area contributed by atoms with Crippen LogP contribution in [0.1, 0.15) is 62.5 Å². The van der Waals surface area contributed by atoms with E-state index in [1.165, 1.54) is 43.2 Å². The van der Waals surface area contributed by atoms with Gasteiger partial charge in [-0.3, -0.25) is 0 Å². The van der Waals surface area contributed by atoms with Crippen LogP contribution < -0.4 is 5.73 Å². The average Bonchev–Trinajstić information content (AvgIpc) is 2.91. The maximum Gasteiger partial charge on any atom is 0.115 e. The van der Waals surface area contributed by atoms with Gasteiger partial charge in [0, 0.05) is 6.61 Å². The lowest BCUT2D eigenvalue weighted by atomic mass is 9.55. The first kappa shape index (κ1) is 16.4. The van der Waals surface area contributed by atoms with E-state index in [1.807, 2.05) is 12.1 Å². The third-order valence-corrected chi connectivity index (χ3v) is 7.29. The lowest BCUT2D eigenvalue weighted by molar-refractivity contribution is -0.0639. The Morgan fingerprint density at radius 3 is 2.96 bits per heavy atom. The van der Waals surface area contributed by atoms with Crippen LogP contribution >= 0.6 is 0 Å². The molecule has 3 aliphatic rings. The largest absolute Gasteiger partial charge is 0.508 e. The molecule has 3 nitrogen and oxygen atoms in total. The van der Waals surface area contributed by atoms with Crippen LogP contribution in [0, 0.1) is 17.3 Å². The van der Waals surface area contributed by atoms with Crippen molar-refractivity contribution in [1.29, 1.82) is 0 Å². The normalized spacial score (nSPS) is 37.6. The fourth-order valence-corrected chi connectivity index (χ4v) is 6.10. The van der Waals surface area contributed by atoms with Crippen LogP contribution in [0.15, 0.2) is 18.2 Å². The standard InChI is InChI=1S/C21H31NO2/c1-21-10-9-17-16-6-4-15(23)13-14(16)3-5-18(17)19(21)7-8-20(21)24-12-2-11-22/h4,6,13,17-20,23H,2-3,5,7-12,22H2,1H3. The maximum absolute atomic E-state index is 9.79. The van der Waals surface area contributed by atoms with Crippen LogP contribution in [0.2, 0.25) is 0 Å². The minimum Gasteiger partial charge on any atom is -0.508 e. The highest BCUT2D eigenvalue weighted by atomic mass is 16.5. The zero-order chi connectivity index (χ0) is 16.7. The first-order valence-electron chi connectivity index (χ1n) is 9.77. The SMILES string of the molecule is CC12CCC3c4ccc(O)cc4CCC3C1CCC2OCCCN. The Bertz CT molecular complexity index is 602. The molecule has 0 radical (unpaired) electrons. The molecule has 24 heavy (non-hydrogen) atoms. The highest BCUT2D eigenvalue weighted by Gasteiger charge is 2.55. The van der Waals surface area contributed by atoms with Gasteiger partial charge in [-0.2, -0.15) is 0 Å². The number of hydrogen-bond donors (Lipinski definition) is 2. The second kappa shape index (κ2) is 6.34. The van der Waals surface area contributed by atoms with E-state index >= 15 is 0 Å². The number of benzene rings is 1.